The van der Waals surface area contributed by atoms with Gasteiger partial charge in [-0.3, -0.25) is 8.39 Å². The Morgan fingerprint density at radius 3 is 2.42 bits per heavy atom. The molecule has 0 saturated heterocycles. The lowest BCUT2D eigenvalue weighted by Gasteiger charge is -2.13. The highest BCUT2D eigenvalue weighted by molar-refractivity contribution is 7.94. The predicted molar refractivity (Wildman–Crippen MR) is 117 cm³/mol. The van der Waals surface area contributed by atoms with Gasteiger partial charge in [-0.1, -0.05) is 5.04 Å². The molecule has 3 rings (SSSR count). The highest BCUT2D eigenvalue weighted by Gasteiger charge is 2.24. The quantitative estimate of drug-likeness (QED) is 0.0621. The largest absolute Gasteiger partial charge is 0.768 e. The fourth-order valence-corrected chi connectivity index (χ4v) is 4.43. The van der Waals surface area contributed by atoms with Crippen molar-refractivity contribution in [2.24, 2.45) is 10.2 Å². The average Bonchev–Trinajstić information content (AvgIpc) is 2.78. The number of hydrogen-bond acceptors (Lipinski definition) is 13. The van der Waals surface area contributed by atoms with E-state index in [-0.39, 0.29) is 38.5 Å². The van der Waals surface area contributed by atoms with E-state index in [9.17, 15) is 22.3 Å². The molecular weight excluding hydrogens is 498 g/mol. The summed E-state index contributed by atoms with van der Waals surface area (Å²) in [6.45, 7) is 0. The number of aromatic hydroxyl groups is 1. The Hall–Kier alpha value is -2.63. The zero-order chi connectivity index (χ0) is 24.2. The maximum Gasteiger partial charge on any atom is 0.299 e. The van der Waals surface area contributed by atoms with Crippen molar-refractivity contribution in [2.75, 3.05) is 20.0 Å². The number of nitrogens with two attached hydrogens (primary N) is 1. The smallest absolute Gasteiger partial charge is 0.299 e. The van der Waals surface area contributed by atoms with Crippen LogP contribution in [0.25, 0.3) is 10.8 Å². The molecule has 3 aromatic carbocycles. The molecule has 12 nitrogen and oxygen atoms in total. The van der Waals surface area contributed by atoms with Gasteiger partial charge in [-0.2, -0.15) is 13.5 Å². The molecular formula is C18H16N3O9S3-. The Morgan fingerprint density at radius 2 is 1.82 bits per heavy atom. The summed E-state index contributed by atoms with van der Waals surface area (Å²) in [6.07, 6.45) is 0. The molecule has 0 saturated carbocycles. The molecule has 176 valence electrons. The molecule has 1 unspecified atom stereocenters. The van der Waals surface area contributed by atoms with Gasteiger partial charge in [0.2, 0.25) is 0 Å². The maximum absolute atomic E-state index is 12.6. The molecule has 3 N–H and O–H groups in total. The molecule has 3 aromatic rings. The number of rotatable bonds is 9. The lowest BCUT2D eigenvalue weighted by molar-refractivity contribution is -0.447. The molecule has 0 amide bonds. The summed E-state index contributed by atoms with van der Waals surface area (Å²) >= 11 is -1.71. The summed E-state index contributed by atoms with van der Waals surface area (Å²) in [4.78, 5) is 4.30. The van der Waals surface area contributed by atoms with Crippen molar-refractivity contribution in [3.8, 4) is 5.75 Å². The van der Waals surface area contributed by atoms with Gasteiger partial charge in [0.05, 0.1) is 37.6 Å². The number of nitrogen functional groups attached to an aromatic ring is 1. The van der Waals surface area contributed by atoms with E-state index in [2.05, 4.69) is 24.3 Å². The van der Waals surface area contributed by atoms with Gasteiger partial charge in [-0.05, 0) is 58.9 Å². The molecule has 0 fully saturated rings. The number of nitrogens with zero attached hydrogens (tertiary/aromatic N) is 2. The lowest BCUT2D eigenvalue weighted by Crippen LogP contribution is -2.05. The number of phenols is 1. The van der Waals surface area contributed by atoms with Crippen LogP contribution in [0.4, 0.5) is 17.1 Å². The van der Waals surface area contributed by atoms with Gasteiger partial charge < -0.3 is 15.4 Å². The van der Waals surface area contributed by atoms with E-state index in [0.717, 1.165) is 7.11 Å². The first kappa shape index (κ1) is 25.0. The number of azo groups is 1. The zero-order valence-corrected chi connectivity index (χ0v) is 19.4. The van der Waals surface area contributed by atoms with Gasteiger partial charge in [-0.15, -0.1) is 9.45 Å². The number of hydrogen-bond donors (Lipinski definition) is 2. The van der Waals surface area contributed by atoms with E-state index in [1.807, 2.05) is 0 Å². The lowest BCUT2D eigenvalue weighted by atomic mass is 10.1. The SMILES string of the molecule is COOOSc1cc(O)c2c(N)c(N=Nc3ccc(S(=O)[O-])cc3)c(S(=O)(=O)OC)cc2c1. The van der Waals surface area contributed by atoms with Gasteiger partial charge in [0.1, 0.15) is 16.3 Å². The first-order valence-electron chi connectivity index (χ1n) is 8.73. The third kappa shape index (κ3) is 5.66. The highest BCUT2D eigenvalue weighted by atomic mass is 32.2. The molecule has 0 aliphatic rings. The monoisotopic (exact) mass is 514 g/mol. The molecule has 0 aliphatic heterocycles. The van der Waals surface area contributed by atoms with Gasteiger partial charge in [0.15, 0.2) is 0 Å². The third-order valence-electron chi connectivity index (χ3n) is 4.18. The molecule has 0 aromatic heterocycles. The zero-order valence-electron chi connectivity index (χ0n) is 17.0. The summed E-state index contributed by atoms with van der Waals surface area (Å²) in [5.74, 6) is -0.284. The first-order chi connectivity index (χ1) is 15.7. The van der Waals surface area contributed by atoms with Crippen LogP contribution in [0.1, 0.15) is 0 Å². The minimum atomic E-state index is -4.29. The van der Waals surface area contributed by atoms with E-state index in [0.29, 0.717) is 16.9 Å². The third-order valence-corrected chi connectivity index (χ3v) is 6.67. The summed E-state index contributed by atoms with van der Waals surface area (Å²) in [7, 11) is -2.09. The molecule has 15 heteroatoms. The Balaban J connectivity index is 2.15. The van der Waals surface area contributed by atoms with Crippen LogP contribution in [0.3, 0.4) is 0 Å². The fourth-order valence-electron chi connectivity index (χ4n) is 2.73. The van der Waals surface area contributed by atoms with Gasteiger partial charge in [0, 0.05) is 15.2 Å². The molecule has 0 heterocycles. The van der Waals surface area contributed by atoms with Crippen LogP contribution in [0.2, 0.25) is 0 Å². The van der Waals surface area contributed by atoms with Crippen LogP contribution < -0.4 is 5.73 Å². The van der Waals surface area contributed by atoms with Crippen molar-refractivity contribution in [2.45, 2.75) is 14.7 Å². The second kappa shape index (κ2) is 10.5. The van der Waals surface area contributed by atoms with Crippen molar-refractivity contribution in [1.29, 1.82) is 0 Å². The number of anilines is 1. The van der Waals surface area contributed by atoms with Crippen molar-refractivity contribution in [3.05, 3.63) is 42.5 Å². The summed E-state index contributed by atoms with van der Waals surface area (Å²) in [5, 5.41) is 23.0. The Kier molecular flexibility index (Phi) is 7.98. The van der Waals surface area contributed by atoms with Crippen LogP contribution in [0, 0.1) is 0 Å². The van der Waals surface area contributed by atoms with E-state index >= 15 is 0 Å². The van der Waals surface area contributed by atoms with Gasteiger partial charge in [-0.25, -0.2) is 4.89 Å². The Bertz CT molecular complexity index is 1330. The van der Waals surface area contributed by atoms with E-state index in [1.165, 1.54) is 49.6 Å². The van der Waals surface area contributed by atoms with E-state index in [1.54, 1.807) is 0 Å². The van der Waals surface area contributed by atoms with Crippen LogP contribution >= 0.6 is 12.0 Å². The van der Waals surface area contributed by atoms with Crippen LogP contribution in [-0.2, 0) is 39.6 Å². The minimum absolute atomic E-state index is 0.0419. The summed E-state index contributed by atoms with van der Waals surface area (Å²) in [6, 6.07) is 9.37. The molecule has 1 atom stereocenters. The molecule has 33 heavy (non-hydrogen) atoms. The fraction of sp³-hybridized carbons (Fsp3) is 0.111. The minimum Gasteiger partial charge on any atom is -0.768 e. The van der Waals surface area contributed by atoms with Crippen molar-refractivity contribution < 1.29 is 40.7 Å². The standard InChI is InChI=1S/C18H17N3O9S3/c1-27-29-30-31-12-7-10-8-15(33(25,26)28-2)18(17(19)16(10)14(22)9-12)21-20-11-3-5-13(6-4-11)32(23)24/h3-9,22H,19H2,1-2H3,(H,23,24)/p-1. The Labute approximate surface area is 194 Å². The van der Waals surface area contributed by atoms with Crippen molar-refractivity contribution >= 4 is 61.1 Å². The summed E-state index contributed by atoms with van der Waals surface area (Å²) in [5.41, 5.74) is 5.96. The predicted octanol–water partition coefficient (Wildman–Crippen LogP) is 3.63. The number of fused-ring (bicyclic) bond motifs is 1. The van der Waals surface area contributed by atoms with Crippen molar-refractivity contribution in [1.82, 2.24) is 0 Å². The highest BCUT2D eigenvalue weighted by Crippen LogP contribution is 2.44. The molecule has 0 bridgehead atoms. The van der Waals surface area contributed by atoms with E-state index in [4.69, 9.17) is 10.1 Å². The molecule has 0 spiro atoms. The topological polar surface area (TPSA) is 182 Å². The van der Waals surface area contributed by atoms with E-state index < -0.39 is 26.1 Å². The normalized spacial score (nSPS) is 13.1. The maximum atomic E-state index is 12.6. The van der Waals surface area contributed by atoms with Gasteiger partial charge >= 0.3 is 0 Å². The Morgan fingerprint density at radius 1 is 1.12 bits per heavy atom. The van der Waals surface area contributed by atoms with Crippen LogP contribution in [0.5, 0.6) is 5.75 Å². The number of benzene rings is 3. The summed E-state index contributed by atoms with van der Waals surface area (Å²) < 4.78 is 56.4. The number of phenolic OH excluding ortho intramolecular Hbond substituents is 1. The van der Waals surface area contributed by atoms with Crippen molar-refractivity contribution in [3.63, 3.8) is 0 Å². The molecule has 0 radical (unpaired) electrons. The average molecular weight is 515 g/mol. The molecule has 0 aliphatic carbocycles. The van der Waals surface area contributed by atoms with Crippen LogP contribution in [0.15, 0.2) is 67.4 Å². The first-order valence-corrected chi connectivity index (χ1v) is 11.9. The van der Waals surface area contributed by atoms with Gasteiger partial charge in [0.25, 0.3) is 10.1 Å². The second-order valence-corrected chi connectivity index (χ2v) is 9.51. The van der Waals surface area contributed by atoms with Crippen LogP contribution in [-0.4, -0.2) is 36.5 Å². The second-order valence-electron chi connectivity index (χ2n) is 6.11.